The third-order valence-corrected chi connectivity index (χ3v) is 2.41. The van der Waals surface area contributed by atoms with E-state index in [-0.39, 0.29) is 0 Å². The summed E-state index contributed by atoms with van der Waals surface area (Å²) in [4.78, 5) is 10.9. The average molecular weight is 193 g/mol. The number of nitrogens with one attached hydrogen (secondary N) is 1. The first-order chi connectivity index (χ1) is 6.74. The summed E-state index contributed by atoms with van der Waals surface area (Å²) in [6.07, 6.45) is 0. The molecule has 0 unspecified atom stereocenters. The molecule has 2 rings (SSSR count). The number of carboxylic acids is 1. The van der Waals surface area contributed by atoms with Crippen LogP contribution >= 0.6 is 0 Å². The second-order valence-corrected chi connectivity index (χ2v) is 3.19. The van der Waals surface area contributed by atoms with E-state index in [0.29, 0.717) is 12.3 Å². The Bertz CT molecular complexity index is 376. The van der Waals surface area contributed by atoms with Gasteiger partial charge >= 0.3 is 5.97 Å². The van der Waals surface area contributed by atoms with E-state index in [0.717, 1.165) is 11.1 Å². The number of rotatable bonds is 2. The summed E-state index contributed by atoms with van der Waals surface area (Å²) in [5.41, 5.74) is 1.75. The minimum Gasteiger partial charge on any atom is -0.496 e. The van der Waals surface area contributed by atoms with Gasteiger partial charge in [0.05, 0.1) is 7.11 Å². The summed E-state index contributed by atoms with van der Waals surface area (Å²) in [6, 6.07) is 4.92. The van der Waals surface area contributed by atoms with Crippen molar-refractivity contribution in [3.63, 3.8) is 0 Å². The fraction of sp³-hybridized carbons (Fsp3) is 0.300. The first-order valence-corrected chi connectivity index (χ1v) is 4.36. The molecular weight excluding hydrogens is 182 g/mol. The molecule has 14 heavy (non-hydrogen) atoms. The summed E-state index contributed by atoms with van der Waals surface area (Å²) in [5, 5.41) is 11.9. The predicted octanol–water partition coefficient (Wildman–Crippen LogP) is 0.924. The number of aliphatic carboxylic acids is 1. The maximum absolute atomic E-state index is 10.9. The van der Waals surface area contributed by atoms with E-state index < -0.39 is 12.0 Å². The number of hydrogen-bond donors (Lipinski definition) is 2. The molecule has 0 spiro atoms. The number of ether oxygens (including phenoxy) is 1. The molecule has 0 bridgehead atoms. The van der Waals surface area contributed by atoms with E-state index in [1.807, 2.05) is 12.1 Å². The van der Waals surface area contributed by atoms with Crippen LogP contribution in [0.25, 0.3) is 0 Å². The zero-order chi connectivity index (χ0) is 10.1. The van der Waals surface area contributed by atoms with E-state index in [2.05, 4.69) is 5.32 Å². The van der Waals surface area contributed by atoms with Gasteiger partial charge in [0, 0.05) is 12.1 Å². The number of benzene rings is 1. The predicted molar refractivity (Wildman–Crippen MR) is 50.2 cm³/mol. The molecule has 4 nitrogen and oxygen atoms in total. The van der Waals surface area contributed by atoms with Gasteiger partial charge in [0.15, 0.2) is 0 Å². The van der Waals surface area contributed by atoms with Crippen LogP contribution in [0.15, 0.2) is 18.2 Å². The normalized spacial score (nSPS) is 19.1. The summed E-state index contributed by atoms with van der Waals surface area (Å²) in [7, 11) is 1.55. The minimum absolute atomic E-state index is 0.587. The second-order valence-electron chi connectivity index (χ2n) is 3.19. The largest absolute Gasteiger partial charge is 0.496 e. The van der Waals surface area contributed by atoms with Gasteiger partial charge in [-0.1, -0.05) is 12.1 Å². The van der Waals surface area contributed by atoms with Crippen LogP contribution in [-0.4, -0.2) is 18.2 Å². The van der Waals surface area contributed by atoms with Crippen LogP contribution in [0.3, 0.4) is 0 Å². The molecule has 1 aromatic carbocycles. The highest BCUT2D eigenvalue weighted by Crippen LogP contribution is 2.33. The van der Waals surface area contributed by atoms with Crippen molar-refractivity contribution in [2.75, 3.05) is 7.11 Å². The minimum atomic E-state index is -0.867. The number of carboxylic acid groups (broad SMARTS) is 1. The van der Waals surface area contributed by atoms with Crippen LogP contribution < -0.4 is 10.1 Å². The molecular formula is C10H11NO3. The third-order valence-electron chi connectivity index (χ3n) is 2.41. The van der Waals surface area contributed by atoms with Gasteiger partial charge in [0.25, 0.3) is 0 Å². The summed E-state index contributed by atoms with van der Waals surface area (Å²) >= 11 is 0. The van der Waals surface area contributed by atoms with E-state index in [1.54, 1.807) is 13.2 Å². The molecule has 0 aliphatic carbocycles. The Hall–Kier alpha value is -1.55. The van der Waals surface area contributed by atoms with E-state index in [1.165, 1.54) is 0 Å². The van der Waals surface area contributed by atoms with Crippen molar-refractivity contribution in [3.8, 4) is 5.75 Å². The van der Waals surface area contributed by atoms with Crippen LogP contribution in [0.1, 0.15) is 17.2 Å². The van der Waals surface area contributed by atoms with Crippen LogP contribution in [0, 0.1) is 0 Å². The summed E-state index contributed by atoms with van der Waals surface area (Å²) in [5.74, 6) is -0.229. The van der Waals surface area contributed by atoms with Crippen molar-refractivity contribution in [1.82, 2.24) is 5.32 Å². The molecule has 0 radical (unpaired) electrons. The van der Waals surface area contributed by atoms with Crippen molar-refractivity contribution >= 4 is 5.97 Å². The highest BCUT2D eigenvalue weighted by atomic mass is 16.5. The summed E-state index contributed by atoms with van der Waals surface area (Å²) < 4.78 is 5.13. The fourth-order valence-corrected chi connectivity index (χ4v) is 1.77. The third kappa shape index (κ3) is 1.24. The van der Waals surface area contributed by atoms with Gasteiger partial charge in [0.1, 0.15) is 11.8 Å². The molecule has 74 valence electrons. The molecule has 2 N–H and O–H groups in total. The lowest BCUT2D eigenvalue weighted by Crippen LogP contribution is -2.21. The lowest BCUT2D eigenvalue weighted by atomic mass is 10.0. The Morgan fingerprint density at radius 1 is 1.64 bits per heavy atom. The monoisotopic (exact) mass is 193 g/mol. The van der Waals surface area contributed by atoms with Gasteiger partial charge in [0.2, 0.25) is 0 Å². The van der Waals surface area contributed by atoms with Crippen LogP contribution in [0.5, 0.6) is 5.75 Å². The number of hydrogen-bond acceptors (Lipinski definition) is 3. The zero-order valence-electron chi connectivity index (χ0n) is 7.78. The van der Waals surface area contributed by atoms with Crippen molar-refractivity contribution in [2.45, 2.75) is 12.6 Å². The van der Waals surface area contributed by atoms with Crippen molar-refractivity contribution < 1.29 is 14.6 Å². The van der Waals surface area contributed by atoms with E-state index >= 15 is 0 Å². The van der Waals surface area contributed by atoms with Crippen molar-refractivity contribution in [2.24, 2.45) is 0 Å². The van der Waals surface area contributed by atoms with Crippen LogP contribution in [-0.2, 0) is 11.3 Å². The Balaban J connectivity index is 2.50. The van der Waals surface area contributed by atoms with Crippen molar-refractivity contribution in [3.05, 3.63) is 29.3 Å². The number of fused-ring (bicyclic) bond motifs is 1. The Morgan fingerprint density at radius 2 is 2.43 bits per heavy atom. The quantitative estimate of drug-likeness (QED) is 0.733. The Labute approximate surface area is 81.5 Å². The van der Waals surface area contributed by atoms with Crippen molar-refractivity contribution in [1.29, 1.82) is 0 Å². The van der Waals surface area contributed by atoms with Crippen LogP contribution in [0.2, 0.25) is 0 Å². The maximum Gasteiger partial charge on any atom is 0.325 e. The van der Waals surface area contributed by atoms with Gasteiger partial charge in [-0.25, -0.2) is 0 Å². The topological polar surface area (TPSA) is 58.6 Å². The lowest BCUT2D eigenvalue weighted by molar-refractivity contribution is -0.139. The fourth-order valence-electron chi connectivity index (χ4n) is 1.77. The Kier molecular flexibility index (Phi) is 2.13. The summed E-state index contributed by atoms with van der Waals surface area (Å²) in [6.45, 7) is 0.587. The molecule has 1 aromatic rings. The van der Waals surface area contributed by atoms with Gasteiger partial charge in [-0.2, -0.15) is 0 Å². The van der Waals surface area contributed by atoms with E-state index in [9.17, 15) is 4.79 Å². The zero-order valence-corrected chi connectivity index (χ0v) is 7.78. The maximum atomic E-state index is 10.9. The molecule has 0 fully saturated rings. The number of methoxy groups -OCH3 is 1. The molecule has 1 aliphatic rings. The van der Waals surface area contributed by atoms with Gasteiger partial charge < -0.3 is 9.84 Å². The lowest BCUT2D eigenvalue weighted by Gasteiger charge is -2.10. The van der Waals surface area contributed by atoms with Gasteiger partial charge in [-0.3, -0.25) is 10.1 Å². The van der Waals surface area contributed by atoms with E-state index in [4.69, 9.17) is 9.84 Å². The smallest absolute Gasteiger partial charge is 0.325 e. The second kappa shape index (κ2) is 3.31. The SMILES string of the molecule is COc1cccc2c1[C@@H](C(=O)O)NC2. The first kappa shape index (κ1) is 9.02. The Morgan fingerprint density at radius 3 is 3.07 bits per heavy atom. The molecule has 0 saturated carbocycles. The molecule has 1 aliphatic heterocycles. The van der Waals surface area contributed by atoms with Gasteiger partial charge in [-0.15, -0.1) is 0 Å². The molecule has 1 atom stereocenters. The van der Waals surface area contributed by atoms with Crippen LogP contribution in [0.4, 0.5) is 0 Å². The standard InChI is InChI=1S/C10H11NO3/c1-14-7-4-2-3-6-5-11-9(8(6)7)10(12)13/h2-4,9,11H,5H2,1H3,(H,12,13)/t9-/m0/s1. The highest BCUT2D eigenvalue weighted by molar-refractivity contribution is 5.78. The molecule has 1 heterocycles. The highest BCUT2D eigenvalue weighted by Gasteiger charge is 2.30. The number of carbonyl (C=O) groups is 1. The molecule has 0 amide bonds. The molecule has 0 aromatic heterocycles. The molecule has 0 saturated heterocycles. The average Bonchev–Trinajstić information content (AvgIpc) is 2.60. The molecule has 4 heteroatoms. The van der Waals surface area contributed by atoms with Gasteiger partial charge in [-0.05, 0) is 11.6 Å². The first-order valence-electron chi connectivity index (χ1n) is 4.36.